The van der Waals surface area contributed by atoms with E-state index in [4.69, 9.17) is 0 Å². The summed E-state index contributed by atoms with van der Waals surface area (Å²) in [5, 5.41) is 11.0. The number of halogens is 2. The summed E-state index contributed by atoms with van der Waals surface area (Å²) in [6, 6.07) is 14.8. The van der Waals surface area contributed by atoms with E-state index in [-0.39, 0.29) is 15.4 Å². The molecule has 2 aromatic carbocycles. The van der Waals surface area contributed by atoms with E-state index in [0.717, 1.165) is 15.6 Å². The summed E-state index contributed by atoms with van der Waals surface area (Å²) in [6.07, 6.45) is 0.582. The molecule has 2 aromatic rings. The second-order valence-electron chi connectivity index (χ2n) is 4.11. The van der Waals surface area contributed by atoms with Gasteiger partial charge in [-0.05, 0) is 24.1 Å². The molecule has 5 heteroatoms. The zero-order valence-corrected chi connectivity index (χ0v) is 13.1. The van der Waals surface area contributed by atoms with Crippen LogP contribution in [0.25, 0.3) is 0 Å². The Morgan fingerprint density at radius 2 is 1.74 bits per heavy atom. The third kappa shape index (κ3) is 3.64. The highest BCUT2D eigenvalue weighted by atomic mass is 79.9. The van der Waals surface area contributed by atoms with Gasteiger partial charge in [0.15, 0.2) is 0 Å². The smallest absolute Gasteiger partial charge is 0.258 e. The first-order valence-electron chi connectivity index (χ1n) is 5.70. The van der Waals surface area contributed by atoms with E-state index in [1.807, 2.05) is 30.3 Å². The van der Waals surface area contributed by atoms with Gasteiger partial charge in [0.1, 0.15) is 0 Å². The van der Waals surface area contributed by atoms with Crippen LogP contribution in [0.4, 0.5) is 5.69 Å². The lowest BCUT2D eigenvalue weighted by atomic mass is 10.0. The number of alkyl halides is 1. The number of hydrogen-bond donors (Lipinski definition) is 0. The van der Waals surface area contributed by atoms with Crippen LogP contribution < -0.4 is 0 Å². The monoisotopic (exact) mass is 383 g/mol. The fourth-order valence-corrected chi connectivity index (χ4v) is 2.76. The third-order valence-corrected chi connectivity index (χ3v) is 4.20. The molecule has 0 aliphatic carbocycles. The van der Waals surface area contributed by atoms with E-state index in [0.29, 0.717) is 6.42 Å². The second-order valence-corrected chi connectivity index (χ2v) is 6.13. The molecule has 0 saturated carbocycles. The van der Waals surface area contributed by atoms with E-state index in [9.17, 15) is 10.1 Å². The predicted octanol–water partition coefficient (Wildman–Crippen LogP) is 5.04. The first-order chi connectivity index (χ1) is 9.08. The maximum atomic E-state index is 11.0. The molecule has 1 atom stereocenters. The summed E-state index contributed by atoms with van der Waals surface area (Å²) < 4.78 is 1.02. The second kappa shape index (κ2) is 6.30. The highest BCUT2D eigenvalue weighted by molar-refractivity contribution is 9.10. The molecule has 0 radical (unpaired) electrons. The minimum absolute atomic E-state index is 0.0571. The maximum Gasteiger partial charge on any atom is 0.272 e. The molecule has 0 aliphatic rings. The number of benzene rings is 2. The molecule has 0 heterocycles. The Labute approximate surface area is 128 Å². The van der Waals surface area contributed by atoms with Crippen molar-refractivity contribution < 1.29 is 4.92 Å². The van der Waals surface area contributed by atoms with Gasteiger partial charge in [-0.1, -0.05) is 62.2 Å². The summed E-state index contributed by atoms with van der Waals surface area (Å²) in [6.45, 7) is 0. The summed E-state index contributed by atoms with van der Waals surface area (Å²) >= 11 is 6.98. The van der Waals surface area contributed by atoms with Crippen molar-refractivity contribution in [3.8, 4) is 0 Å². The summed E-state index contributed by atoms with van der Waals surface area (Å²) in [4.78, 5) is 10.7. The van der Waals surface area contributed by atoms with Crippen LogP contribution >= 0.6 is 31.9 Å². The predicted molar refractivity (Wildman–Crippen MR) is 82.6 cm³/mol. The molecule has 0 fully saturated rings. The average Bonchev–Trinajstić information content (AvgIpc) is 2.39. The van der Waals surface area contributed by atoms with Gasteiger partial charge in [0.25, 0.3) is 5.69 Å². The van der Waals surface area contributed by atoms with Crippen LogP contribution in [0.1, 0.15) is 16.0 Å². The normalized spacial score (nSPS) is 12.1. The van der Waals surface area contributed by atoms with Crippen LogP contribution in [0.3, 0.4) is 0 Å². The van der Waals surface area contributed by atoms with Gasteiger partial charge in [-0.25, -0.2) is 0 Å². The summed E-state index contributed by atoms with van der Waals surface area (Å²) in [7, 11) is 0. The van der Waals surface area contributed by atoms with E-state index in [2.05, 4.69) is 31.9 Å². The summed E-state index contributed by atoms with van der Waals surface area (Å²) in [5.41, 5.74) is 2.00. The number of nitro benzene ring substituents is 1. The Hall–Kier alpha value is -1.20. The van der Waals surface area contributed by atoms with Crippen LogP contribution in [-0.2, 0) is 6.42 Å². The lowest BCUT2D eigenvalue weighted by Crippen LogP contribution is -1.99. The highest BCUT2D eigenvalue weighted by Crippen LogP contribution is 2.31. The zero-order chi connectivity index (χ0) is 13.8. The molecule has 0 aromatic heterocycles. The fraction of sp³-hybridized carbons (Fsp3) is 0.143. The van der Waals surface area contributed by atoms with Crippen molar-refractivity contribution in [1.29, 1.82) is 0 Å². The molecule has 0 saturated heterocycles. The first-order valence-corrected chi connectivity index (χ1v) is 7.40. The largest absolute Gasteiger partial charge is 0.272 e. The minimum Gasteiger partial charge on any atom is -0.258 e. The van der Waals surface area contributed by atoms with E-state index < -0.39 is 0 Å². The Kier molecular flexibility index (Phi) is 4.71. The van der Waals surface area contributed by atoms with Crippen LogP contribution in [0.2, 0.25) is 0 Å². The minimum atomic E-state index is -0.337. The molecule has 0 N–H and O–H groups in total. The molecule has 0 bridgehead atoms. The average molecular weight is 385 g/mol. The number of hydrogen-bond acceptors (Lipinski definition) is 2. The maximum absolute atomic E-state index is 11.0. The van der Waals surface area contributed by atoms with Gasteiger partial charge in [0.2, 0.25) is 0 Å². The van der Waals surface area contributed by atoms with Gasteiger partial charge >= 0.3 is 0 Å². The van der Waals surface area contributed by atoms with E-state index in [1.165, 1.54) is 6.07 Å². The lowest BCUT2D eigenvalue weighted by molar-refractivity contribution is -0.385. The number of rotatable bonds is 4. The number of para-hydroxylation sites is 1. The Balaban J connectivity index is 2.21. The first kappa shape index (κ1) is 14.2. The molecule has 2 rings (SSSR count). The van der Waals surface area contributed by atoms with Crippen LogP contribution in [-0.4, -0.2) is 4.92 Å². The van der Waals surface area contributed by atoms with E-state index in [1.54, 1.807) is 12.1 Å². The van der Waals surface area contributed by atoms with Crippen molar-refractivity contribution in [1.82, 2.24) is 0 Å². The topological polar surface area (TPSA) is 43.1 Å². The Morgan fingerprint density at radius 1 is 1.11 bits per heavy atom. The van der Waals surface area contributed by atoms with E-state index >= 15 is 0 Å². The molecule has 1 unspecified atom stereocenters. The van der Waals surface area contributed by atoms with Gasteiger partial charge in [-0.3, -0.25) is 10.1 Å². The van der Waals surface area contributed by atoms with Gasteiger partial charge in [0.05, 0.1) is 4.92 Å². The van der Waals surface area contributed by atoms with Crippen molar-refractivity contribution >= 4 is 37.5 Å². The molecular weight excluding hydrogens is 374 g/mol. The number of nitrogens with zero attached hydrogens (tertiary/aromatic N) is 1. The van der Waals surface area contributed by atoms with Crippen LogP contribution in [0.5, 0.6) is 0 Å². The highest BCUT2D eigenvalue weighted by Gasteiger charge is 2.16. The fourth-order valence-electron chi connectivity index (χ4n) is 1.84. The van der Waals surface area contributed by atoms with Gasteiger partial charge in [-0.2, -0.15) is 0 Å². The lowest BCUT2D eigenvalue weighted by Gasteiger charge is -2.10. The van der Waals surface area contributed by atoms with Crippen molar-refractivity contribution in [3.63, 3.8) is 0 Å². The SMILES string of the molecule is O=[N+]([O-])c1ccccc1CC(Br)c1ccc(Br)cc1. The van der Waals surface area contributed by atoms with Gasteiger partial charge in [0, 0.05) is 20.9 Å². The summed E-state index contributed by atoms with van der Waals surface area (Å²) in [5.74, 6) is 0. The Morgan fingerprint density at radius 3 is 2.37 bits per heavy atom. The van der Waals surface area contributed by atoms with Crippen molar-refractivity contribution in [2.24, 2.45) is 0 Å². The van der Waals surface area contributed by atoms with Crippen molar-refractivity contribution in [2.75, 3.05) is 0 Å². The third-order valence-electron chi connectivity index (χ3n) is 2.82. The quantitative estimate of drug-likeness (QED) is 0.421. The number of nitro groups is 1. The zero-order valence-electron chi connectivity index (χ0n) is 9.92. The molecule has 98 valence electrons. The molecule has 3 nitrogen and oxygen atoms in total. The molecule has 19 heavy (non-hydrogen) atoms. The van der Waals surface area contributed by atoms with Crippen LogP contribution in [0.15, 0.2) is 53.0 Å². The van der Waals surface area contributed by atoms with Gasteiger partial charge in [-0.15, -0.1) is 0 Å². The van der Waals surface area contributed by atoms with Crippen molar-refractivity contribution in [3.05, 3.63) is 74.2 Å². The molecule has 0 amide bonds. The molecular formula is C14H11Br2NO2. The Bertz CT molecular complexity index is 584. The van der Waals surface area contributed by atoms with Crippen LogP contribution in [0, 0.1) is 10.1 Å². The standard InChI is InChI=1S/C14H11Br2NO2/c15-12-7-5-10(6-8-12)13(16)9-11-3-1-2-4-14(11)17(18)19/h1-8,13H,9H2. The molecule has 0 aliphatic heterocycles. The van der Waals surface area contributed by atoms with Crippen molar-refractivity contribution in [2.45, 2.75) is 11.2 Å². The molecule has 0 spiro atoms. The van der Waals surface area contributed by atoms with Gasteiger partial charge < -0.3 is 0 Å².